The van der Waals surface area contributed by atoms with Crippen molar-refractivity contribution >= 4 is 29.3 Å². The molecule has 1 aromatic carbocycles. The van der Waals surface area contributed by atoms with Crippen LogP contribution >= 0.6 is 0 Å². The first-order chi connectivity index (χ1) is 17.7. The Bertz CT molecular complexity index is 1020. The molecule has 2 rings (SSSR count). The molecule has 1 aliphatic carbocycles. The topological polar surface area (TPSA) is 140 Å². The molecule has 0 spiro atoms. The Morgan fingerprint density at radius 1 is 0.946 bits per heavy atom. The van der Waals surface area contributed by atoms with Crippen molar-refractivity contribution in [2.24, 2.45) is 5.92 Å². The standard InChI is InChI=1S/C28H36N2O7/c1-20(2)27(32)37-16-15-35-26(31)12-9-21-7-10-25(11-8-21)34-13-5-3-4-6-14-36-28(33)22-17-23(29)19-24(30)18-22/h7,9-12,17-19,21H,1,3-6,8,13-16,29-30H2,2H3/b12-9+. The minimum atomic E-state index is -0.510. The van der Waals surface area contributed by atoms with Crippen LogP contribution in [0.4, 0.5) is 11.4 Å². The van der Waals surface area contributed by atoms with Gasteiger partial charge in [0.25, 0.3) is 0 Å². The molecule has 1 aromatic rings. The highest BCUT2D eigenvalue weighted by Gasteiger charge is 2.10. The summed E-state index contributed by atoms with van der Waals surface area (Å²) in [5.74, 6) is -0.543. The molecule has 0 aliphatic heterocycles. The van der Waals surface area contributed by atoms with Gasteiger partial charge in [-0.2, -0.15) is 0 Å². The van der Waals surface area contributed by atoms with Crippen LogP contribution in [0.3, 0.4) is 0 Å². The van der Waals surface area contributed by atoms with Crippen LogP contribution in [0, 0.1) is 5.92 Å². The number of hydrogen-bond donors (Lipinski definition) is 2. The van der Waals surface area contributed by atoms with Crippen molar-refractivity contribution in [1.29, 1.82) is 0 Å². The Labute approximate surface area is 217 Å². The van der Waals surface area contributed by atoms with Crippen LogP contribution in [0.1, 0.15) is 49.4 Å². The lowest BCUT2D eigenvalue weighted by atomic mass is 9.99. The zero-order valence-electron chi connectivity index (χ0n) is 21.3. The Morgan fingerprint density at radius 3 is 2.27 bits per heavy atom. The Morgan fingerprint density at radius 2 is 1.62 bits per heavy atom. The fraction of sp³-hybridized carbons (Fsp3) is 0.393. The Balaban J connectivity index is 1.50. The summed E-state index contributed by atoms with van der Waals surface area (Å²) in [6.45, 7) is 5.94. The highest BCUT2D eigenvalue weighted by molar-refractivity contribution is 5.91. The molecular formula is C28H36N2O7. The summed E-state index contributed by atoms with van der Waals surface area (Å²) in [6, 6.07) is 4.68. The molecule has 0 saturated carbocycles. The van der Waals surface area contributed by atoms with E-state index in [0.29, 0.717) is 35.7 Å². The summed E-state index contributed by atoms with van der Waals surface area (Å²) in [6.07, 6.45) is 13.2. The van der Waals surface area contributed by atoms with E-state index >= 15 is 0 Å². The maximum atomic E-state index is 12.0. The van der Waals surface area contributed by atoms with E-state index in [2.05, 4.69) is 6.58 Å². The lowest BCUT2D eigenvalue weighted by Gasteiger charge is -2.14. The molecule has 0 fully saturated rings. The number of unbranched alkanes of at least 4 members (excludes halogenated alkanes) is 3. The number of allylic oxidation sites excluding steroid dienone is 4. The normalized spacial score (nSPS) is 14.6. The number of nitrogen functional groups attached to an aromatic ring is 2. The number of ether oxygens (including phenoxy) is 4. The van der Waals surface area contributed by atoms with Crippen molar-refractivity contribution in [2.45, 2.75) is 39.0 Å². The quantitative estimate of drug-likeness (QED) is 0.116. The van der Waals surface area contributed by atoms with Gasteiger partial charge in [-0.3, -0.25) is 0 Å². The molecule has 9 nitrogen and oxygen atoms in total. The van der Waals surface area contributed by atoms with Gasteiger partial charge in [0, 0.05) is 23.0 Å². The van der Waals surface area contributed by atoms with Gasteiger partial charge in [-0.15, -0.1) is 0 Å². The van der Waals surface area contributed by atoms with E-state index in [-0.39, 0.29) is 19.1 Å². The highest BCUT2D eigenvalue weighted by atomic mass is 16.6. The average molecular weight is 513 g/mol. The smallest absolute Gasteiger partial charge is 0.338 e. The number of anilines is 2. The summed E-state index contributed by atoms with van der Waals surface area (Å²) in [5.41, 5.74) is 12.9. The molecule has 9 heteroatoms. The van der Waals surface area contributed by atoms with Gasteiger partial charge in [0.05, 0.1) is 18.8 Å². The van der Waals surface area contributed by atoms with E-state index in [4.69, 9.17) is 30.4 Å². The van der Waals surface area contributed by atoms with Crippen LogP contribution in [-0.4, -0.2) is 44.3 Å². The van der Waals surface area contributed by atoms with Gasteiger partial charge in [0.1, 0.15) is 19.0 Å². The third-order valence-electron chi connectivity index (χ3n) is 5.24. The molecule has 1 aliphatic rings. The number of esters is 3. The Kier molecular flexibility index (Phi) is 12.5. The lowest BCUT2D eigenvalue weighted by molar-refractivity contribution is -0.146. The first-order valence-corrected chi connectivity index (χ1v) is 12.3. The van der Waals surface area contributed by atoms with Crippen molar-refractivity contribution in [3.8, 4) is 0 Å². The van der Waals surface area contributed by atoms with E-state index in [1.165, 1.54) is 6.08 Å². The SMILES string of the molecule is C=C(C)C(=O)OCCOC(=O)/C=C/C1C=CC(OCCCCCCOC(=O)c2cc(N)cc(N)c2)=CC1. The molecule has 0 saturated heterocycles. The van der Waals surface area contributed by atoms with Crippen LogP contribution in [0.2, 0.25) is 0 Å². The van der Waals surface area contributed by atoms with Crippen molar-refractivity contribution in [1.82, 2.24) is 0 Å². The second-order valence-corrected chi connectivity index (χ2v) is 8.59. The molecule has 0 heterocycles. The second-order valence-electron chi connectivity index (χ2n) is 8.59. The zero-order valence-corrected chi connectivity index (χ0v) is 21.3. The van der Waals surface area contributed by atoms with Crippen LogP contribution in [0.25, 0.3) is 0 Å². The van der Waals surface area contributed by atoms with Crippen LogP contribution in [0.15, 0.2) is 66.5 Å². The predicted octanol–water partition coefficient (Wildman–Crippen LogP) is 4.26. The number of hydrogen-bond acceptors (Lipinski definition) is 9. The molecule has 1 atom stereocenters. The van der Waals surface area contributed by atoms with Crippen molar-refractivity contribution in [3.05, 3.63) is 72.1 Å². The van der Waals surface area contributed by atoms with E-state index < -0.39 is 17.9 Å². The summed E-state index contributed by atoms with van der Waals surface area (Å²) in [5, 5.41) is 0. The second kappa shape index (κ2) is 15.9. The molecule has 4 N–H and O–H groups in total. The van der Waals surface area contributed by atoms with Crippen LogP contribution in [0.5, 0.6) is 0 Å². The largest absolute Gasteiger partial charge is 0.494 e. The number of nitrogens with two attached hydrogens (primary N) is 2. The Hall–Kier alpha value is -4.01. The summed E-state index contributed by atoms with van der Waals surface area (Å²) < 4.78 is 20.9. The van der Waals surface area contributed by atoms with Gasteiger partial charge in [-0.1, -0.05) is 18.7 Å². The minimum Gasteiger partial charge on any atom is -0.494 e. The van der Waals surface area contributed by atoms with Crippen molar-refractivity contribution < 1.29 is 33.3 Å². The summed E-state index contributed by atoms with van der Waals surface area (Å²) >= 11 is 0. The van der Waals surface area contributed by atoms with Gasteiger partial charge >= 0.3 is 17.9 Å². The van der Waals surface area contributed by atoms with Gasteiger partial charge in [0.2, 0.25) is 0 Å². The fourth-order valence-electron chi connectivity index (χ4n) is 3.31. The first-order valence-electron chi connectivity index (χ1n) is 12.3. The number of rotatable bonds is 15. The zero-order chi connectivity index (χ0) is 27.0. The maximum absolute atomic E-state index is 12.0. The monoisotopic (exact) mass is 512 g/mol. The molecule has 1 unspecified atom stereocenters. The van der Waals surface area contributed by atoms with Gasteiger partial charge in [0.15, 0.2) is 0 Å². The lowest BCUT2D eigenvalue weighted by Crippen LogP contribution is -2.13. The van der Waals surface area contributed by atoms with Crippen molar-refractivity contribution in [3.63, 3.8) is 0 Å². The molecule has 37 heavy (non-hydrogen) atoms. The van der Waals surface area contributed by atoms with E-state index in [9.17, 15) is 14.4 Å². The third-order valence-corrected chi connectivity index (χ3v) is 5.24. The number of carbonyl (C=O) groups is 3. The first kappa shape index (κ1) is 29.2. The van der Waals surface area contributed by atoms with E-state index in [0.717, 1.165) is 37.9 Å². The molecule has 0 aromatic heterocycles. The number of carbonyl (C=O) groups excluding carboxylic acids is 3. The molecule has 0 bridgehead atoms. The fourth-order valence-corrected chi connectivity index (χ4v) is 3.31. The van der Waals surface area contributed by atoms with Crippen molar-refractivity contribution in [2.75, 3.05) is 37.9 Å². The predicted molar refractivity (Wildman–Crippen MR) is 141 cm³/mol. The summed E-state index contributed by atoms with van der Waals surface area (Å²) in [7, 11) is 0. The number of benzene rings is 1. The molecule has 200 valence electrons. The van der Waals surface area contributed by atoms with Gasteiger partial charge in [-0.25, -0.2) is 14.4 Å². The average Bonchev–Trinajstić information content (AvgIpc) is 2.86. The minimum absolute atomic E-state index is 0.00832. The van der Waals surface area contributed by atoms with Crippen LogP contribution < -0.4 is 11.5 Å². The van der Waals surface area contributed by atoms with Gasteiger partial charge in [-0.05, 0) is 75.3 Å². The highest BCUT2D eigenvalue weighted by Crippen LogP contribution is 2.19. The van der Waals surface area contributed by atoms with E-state index in [1.807, 2.05) is 18.2 Å². The third kappa shape index (κ3) is 12.0. The van der Waals surface area contributed by atoms with Crippen LogP contribution in [-0.2, 0) is 28.5 Å². The molecule has 0 radical (unpaired) electrons. The molecular weight excluding hydrogens is 476 g/mol. The van der Waals surface area contributed by atoms with E-state index in [1.54, 1.807) is 31.2 Å². The summed E-state index contributed by atoms with van der Waals surface area (Å²) in [4.78, 5) is 35.0. The maximum Gasteiger partial charge on any atom is 0.338 e. The molecule has 0 amide bonds. The van der Waals surface area contributed by atoms with Gasteiger partial charge < -0.3 is 30.4 Å².